The lowest BCUT2D eigenvalue weighted by Gasteiger charge is -2.08. The molecular formula is C11H12O4S. The zero-order valence-electron chi connectivity index (χ0n) is 8.68. The second kappa shape index (κ2) is 5.12. The molecule has 1 aliphatic heterocycles. The smallest absolute Gasteiger partial charge is 0.162 e. The normalized spacial score (nSPS) is 16.2. The van der Waals surface area contributed by atoms with E-state index in [-0.39, 0.29) is 5.75 Å². The fraction of sp³-hybridized carbons (Fsp3) is 0.364. The summed E-state index contributed by atoms with van der Waals surface area (Å²) >= 11 is 0. The maximum atomic E-state index is 11.6. The SMILES string of the molecule is O=CCS(=O)c1ccc2c(c1)OCCCO2. The third-order valence-electron chi connectivity index (χ3n) is 2.20. The van der Waals surface area contributed by atoms with E-state index in [0.29, 0.717) is 35.9 Å². The molecule has 0 spiro atoms. The van der Waals surface area contributed by atoms with Gasteiger partial charge < -0.3 is 14.3 Å². The summed E-state index contributed by atoms with van der Waals surface area (Å²) in [6.07, 6.45) is 1.49. The summed E-state index contributed by atoms with van der Waals surface area (Å²) in [7, 11) is -1.29. The highest BCUT2D eigenvalue weighted by Crippen LogP contribution is 2.31. The van der Waals surface area contributed by atoms with Crippen molar-refractivity contribution in [3.05, 3.63) is 18.2 Å². The Labute approximate surface area is 96.0 Å². The molecule has 4 nitrogen and oxygen atoms in total. The molecule has 1 aromatic carbocycles. The Kier molecular flexibility index (Phi) is 3.56. The monoisotopic (exact) mass is 240 g/mol. The van der Waals surface area contributed by atoms with Gasteiger partial charge in [0.2, 0.25) is 0 Å². The summed E-state index contributed by atoms with van der Waals surface area (Å²) in [5, 5.41) is 0. The number of ether oxygens (including phenoxy) is 2. The molecule has 1 aromatic rings. The molecule has 0 radical (unpaired) electrons. The maximum absolute atomic E-state index is 11.6. The van der Waals surface area contributed by atoms with Crippen LogP contribution in [-0.2, 0) is 15.6 Å². The Hall–Kier alpha value is -1.36. The van der Waals surface area contributed by atoms with Crippen LogP contribution < -0.4 is 9.47 Å². The van der Waals surface area contributed by atoms with Gasteiger partial charge in [-0.05, 0) is 12.1 Å². The summed E-state index contributed by atoms with van der Waals surface area (Å²) in [6, 6.07) is 5.12. The summed E-state index contributed by atoms with van der Waals surface area (Å²) in [5.41, 5.74) is 0. The van der Waals surface area contributed by atoms with Crippen LogP contribution in [0.25, 0.3) is 0 Å². The van der Waals surface area contributed by atoms with Gasteiger partial charge in [-0.15, -0.1) is 0 Å². The van der Waals surface area contributed by atoms with E-state index in [0.717, 1.165) is 6.42 Å². The third kappa shape index (κ3) is 2.41. The van der Waals surface area contributed by atoms with E-state index < -0.39 is 10.8 Å². The van der Waals surface area contributed by atoms with Crippen LogP contribution in [0.3, 0.4) is 0 Å². The summed E-state index contributed by atoms with van der Waals surface area (Å²) < 4.78 is 22.5. The lowest BCUT2D eigenvalue weighted by molar-refractivity contribution is -0.105. The van der Waals surface area contributed by atoms with Crippen molar-refractivity contribution < 1.29 is 18.5 Å². The number of carbonyl (C=O) groups excluding carboxylic acids is 1. The Morgan fingerprint density at radius 2 is 2.00 bits per heavy atom. The van der Waals surface area contributed by atoms with Gasteiger partial charge in [0, 0.05) is 17.4 Å². The largest absolute Gasteiger partial charge is 0.490 e. The highest BCUT2D eigenvalue weighted by Gasteiger charge is 2.12. The van der Waals surface area contributed by atoms with Crippen molar-refractivity contribution in [1.82, 2.24) is 0 Å². The number of fused-ring (bicyclic) bond motifs is 1. The fourth-order valence-electron chi connectivity index (χ4n) is 1.44. The summed E-state index contributed by atoms with van der Waals surface area (Å²) in [4.78, 5) is 10.9. The zero-order chi connectivity index (χ0) is 11.4. The Morgan fingerprint density at radius 3 is 2.75 bits per heavy atom. The van der Waals surface area contributed by atoms with Crippen LogP contribution in [0, 0.1) is 0 Å². The van der Waals surface area contributed by atoms with E-state index in [1.807, 2.05) is 0 Å². The van der Waals surface area contributed by atoms with E-state index in [1.54, 1.807) is 18.2 Å². The second-order valence-corrected chi connectivity index (χ2v) is 4.83. The molecule has 1 unspecified atom stereocenters. The van der Waals surface area contributed by atoms with Crippen molar-refractivity contribution in [1.29, 1.82) is 0 Å². The van der Waals surface area contributed by atoms with Gasteiger partial charge >= 0.3 is 0 Å². The molecule has 5 heteroatoms. The predicted octanol–water partition coefficient (Wildman–Crippen LogP) is 1.15. The van der Waals surface area contributed by atoms with Crippen molar-refractivity contribution in [2.24, 2.45) is 0 Å². The number of benzene rings is 1. The molecule has 1 aliphatic rings. The molecule has 1 heterocycles. The van der Waals surface area contributed by atoms with Gasteiger partial charge in [0.25, 0.3) is 0 Å². The maximum Gasteiger partial charge on any atom is 0.162 e. The van der Waals surface area contributed by atoms with E-state index in [2.05, 4.69) is 0 Å². The average molecular weight is 240 g/mol. The minimum absolute atomic E-state index is 0.0135. The molecule has 2 rings (SSSR count). The molecular weight excluding hydrogens is 228 g/mol. The molecule has 0 N–H and O–H groups in total. The highest BCUT2D eigenvalue weighted by molar-refractivity contribution is 7.85. The molecule has 0 fully saturated rings. The van der Waals surface area contributed by atoms with E-state index in [4.69, 9.17) is 9.47 Å². The van der Waals surface area contributed by atoms with Crippen molar-refractivity contribution in [2.45, 2.75) is 11.3 Å². The number of rotatable bonds is 3. The van der Waals surface area contributed by atoms with Crippen molar-refractivity contribution in [3.63, 3.8) is 0 Å². The quantitative estimate of drug-likeness (QED) is 0.744. The lowest BCUT2D eigenvalue weighted by Crippen LogP contribution is -2.00. The first-order valence-electron chi connectivity index (χ1n) is 5.03. The van der Waals surface area contributed by atoms with Crippen molar-refractivity contribution in [2.75, 3.05) is 19.0 Å². The van der Waals surface area contributed by atoms with Gasteiger partial charge in [-0.1, -0.05) is 0 Å². The fourth-order valence-corrected chi connectivity index (χ4v) is 2.22. The summed E-state index contributed by atoms with van der Waals surface area (Å²) in [6.45, 7) is 1.22. The van der Waals surface area contributed by atoms with E-state index in [9.17, 15) is 9.00 Å². The van der Waals surface area contributed by atoms with Crippen LogP contribution in [0.2, 0.25) is 0 Å². The first kappa shape index (κ1) is 11.1. The van der Waals surface area contributed by atoms with Gasteiger partial charge in [-0.25, -0.2) is 0 Å². The molecule has 0 amide bonds. The Bertz CT molecular complexity index is 416. The number of aldehydes is 1. The minimum atomic E-state index is -1.29. The van der Waals surface area contributed by atoms with Crippen LogP contribution in [-0.4, -0.2) is 29.5 Å². The van der Waals surface area contributed by atoms with Gasteiger partial charge in [-0.3, -0.25) is 4.21 Å². The molecule has 0 saturated carbocycles. The Morgan fingerprint density at radius 1 is 1.25 bits per heavy atom. The lowest BCUT2D eigenvalue weighted by atomic mass is 10.3. The Balaban J connectivity index is 2.26. The van der Waals surface area contributed by atoms with Gasteiger partial charge in [-0.2, -0.15) is 0 Å². The zero-order valence-corrected chi connectivity index (χ0v) is 9.50. The third-order valence-corrected chi connectivity index (χ3v) is 3.42. The van der Waals surface area contributed by atoms with Gasteiger partial charge in [0.1, 0.15) is 6.29 Å². The average Bonchev–Trinajstić information content (AvgIpc) is 2.53. The minimum Gasteiger partial charge on any atom is -0.490 e. The molecule has 0 aliphatic carbocycles. The van der Waals surface area contributed by atoms with Crippen molar-refractivity contribution >= 4 is 17.1 Å². The molecule has 86 valence electrons. The molecule has 0 aromatic heterocycles. The summed E-state index contributed by atoms with van der Waals surface area (Å²) in [5.74, 6) is 1.29. The van der Waals surface area contributed by atoms with Crippen LogP contribution in [0.1, 0.15) is 6.42 Å². The van der Waals surface area contributed by atoms with Crippen LogP contribution in [0.15, 0.2) is 23.1 Å². The molecule has 16 heavy (non-hydrogen) atoms. The van der Waals surface area contributed by atoms with Crippen molar-refractivity contribution in [3.8, 4) is 11.5 Å². The number of hydrogen-bond acceptors (Lipinski definition) is 4. The van der Waals surface area contributed by atoms with Crippen LogP contribution in [0.4, 0.5) is 0 Å². The first-order valence-corrected chi connectivity index (χ1v) is 6.35. The first-order chi connectivity index (χ1) is 7.81. The highest BCUT2D eigenvalue weighted by atomic mass is 32.2. The van der Waals surface area contributed by atoms with E-state index >= 15 is 0 Å². The molecule has 0 saturated heterocycles. The standard InChI is InChI=1S/C11H12O4S/c12-4-7-16(13)9-2-3-10-11(8-9)15-6-1-5-14-10/h2-4,8H,1,5-7H2. The topological polar surface area (TPSA) is 52.6 Å². The number of hydrogen-bond donors (Lipinski definition) is 0. The van der Waals surface area contributed by atoms with Crippen LogP contribution in [0.5, 0.6) is 11.5 Å². The van der Waals surface area contributed by atoms with Gasteiger partial charge in [0.15, 0.2) is 11.5 Å². The predicted molar refractivity (Wildman–Crippen MR) is 59.4 cm³/mol. The molecule has 1 atom stereocenters. The van der Waals surface area contributed by atoms with Crippen LogP contribution >= 0.6 is 0 Å². The van der Waals surface area contributed by atoms with Gasteiger partial charge in [0.05, 0.1) is 29.8 Å². The number of carbonyl (C=O) groups is 1. The van der Waals surface area contributed by atoms with E-state index in [1.165, 1.54) is 0 Å². The molecule has 0 bridgehead atoms. The second-order valence-electron chi connectivity index (χ2n) is 3.34.